The summed E-state index contributed by atoms with van der Waals surface area (Å²) in [6, 6.07) is 8.60. The highest BCUT2D eigenvalue weighted by Crippen LogP contribution is 2.43. The molecule has 0 radical (unpaired) electrons. The van der Waals surface area contributed by atoms with Gasteiger partial charge in [0.2, 0.25) is 0 Å². The van der Waals surface area contributed by atoms with E-state index in [4.69, 9.17) is 21.8 Å². The first-order chi connectivity index (χ1) is 13.8. The van der Waals surface area contributed by atoms with Crippen molar-refractivity contribution in [2.24, 2.45) is 5.92 Å². The highest BCUT2D eigenvalue weighted by atomic mass is 35.5. The molecule has 3 N–H and O–H groups in total. The molecule has 3 rings (SSSR count). The van der Waals surface area contributed by atoms with Crippen molar-refractivity contribution in [3.63, 3.8) is 0 Å². The number of benzene rings is 2. The van der Waals surface area contributed by atoms with Crippen molar-refractivity contribution in [2.75, 3.05) is 0 Å². The van der Waals surface area contributed by atoms with Crippen molar-refractivity contribution >= 4 is 23.4 Å². The van der Waals surface area contributed by atoms with Crippen LogP contribution >= 0.6 is 11.6 Å². The van der Waals surface area contributed by atoms with E-state index in [9.17, 15) is 9.59 Å². The summed E-state index contributed by atoms with van der Waals surface area (Å²) in [6.45, 7) is 1.59. The molecule has 0 aromatic heterocycles. The average molecular weight is 420 g/mol. The van der Waals surface area contributed by atoms with E-state index in [1.165, 1.54) is 18.2 Å². The van der Waals surface area contributed by atoms with Crippen LogP contribution in [0, 0.1) is 11.7 Å². The third-order valence-corrected chi connectivity index (χ3v) is 5.44. The molecule has 2 aromatic rings. The van der Waals surface area contributed by atoms with Gasteiger partial charge in [-0.05, 0) is 37.3 Å². The van der Waals surface area contributed by atoms with Gasteiger partial charge in [0.05, 0.1) is 23.6 Å². The Morgan fingerprint density at radius 3 is 2.41 bits per heavy atom. The van der Waals surface area contributed by atoms with Crippen LogP contribution < -0.4 is 5.32 Å². The summed E-state index contributed by atoms with van der Waals surface area (Å²) in [5, 5.41) is 21.4. The number of carbonyl (C=O) groups is 2. The van der Waals surface area contributed by atoms with Gasteiger partial charge < -0.3 is 15.5 Å². The number of carboxylic acid groups (broad SMARTS) is 1. The van der Waals surface area contributed by atoms with E-state index in [2.05, 4.69) is 5.32 Å². The van der Waals surface area contributed by atoms with Crippen molar-refractivity contribution in [1.82, 2.24) is 5.32 Å². The van der Waals surface area contributed by atoms with Gasteiger partial charge in [-0.2, -0.15) is 0 Å². The van der Waals surface area contributed by atoms with Crippen LogP contribution in [0.5, 0.6) is 0 Å². The standard InChI is InChI=1S/C22H23ClFNO4/c1-12(10-18(27)28)25-21(14-6-7-14)16-8-9-17(23)19(20(16)24)22(29)15-4-2-13(11-26)3-5-15/h2-5,8-9,12,14,21,25-26H,6-7,10-11H2,1H3,(H,27,28). The van der Waals surface area contributed by atoms with Crippen molar-refractivity contribution in [3.05, 3.63) is 69.5 Å². The maximum Gasteiger partial charge on any atom is 0.304 e. The van der Waals surface area contributed by atoms with Crippen molar-refractivity contribution in [2.45, 2.75) is 44.9 Å². The molecule has 5 nitrogen and oxygen atoms in total. The zero-order valence-electron chi connectivity index (χ0n) is 16.0. The van der Waals surface area contributed by atoms with E-state index in [1.54, 1.807) is 25.1 Å². The molecule has 0 amide bonds. The minimum Gasteiger partial charge on any atom is -0.481 e. The topological polar surface area (TPSA) is 86.6 Å². The van der Waals surface area contributed by atoms with Gasteiger partial charge in [0.25, 0.3) is 0 Å². The molecule has 1 aliphatic carbocycles. The molecule has 2 atom stereocenters. The fourth-order valence-corrected chi connectivity index (χ4v) is 3.69. The predicted molar refractivity (Wildman–Crippen MR) is 108 cm³/mol. The van der Waals surface area contributed by atoms with Crippen LogP contribution in [-0.2, 0) is 11.4 Å². The summed E-state index contributed by atoms with van der Waals surface area (Å²) in [6.07, 6.45) is 1.73. The smallest absolute Gasteiger partial charge is 0.304 e. The van der Waals surface area contributed by atoms with Gasteiger partial charge in [0, 0.05) is 23.2 Å². The minimum absolute atomic E-state index is 0.0237. The van der Waals surface area contributed by atoms with Crippen LogP contribution in [0.2, 0.25) is 5.02 Å². The number of halogens is 2. The monoisotopic (exact) mass is 419 g/mol. The van der Waals surface area contributed by atoms with Gasteiger partial charge in [-0.1, -0.05) is 41.9 Å². The molecule has 0 heterocycles. The van der Waals surface area contributed by atoms with Gasteiger partial charge in [0.1, 0.15) is 5.82 Å². The van der Waals surface area contributed by atoms with Crippen molar-refractivity contribution in [1.29, 1.82) is 0 Å². The van der Waals surface area contributed by atoms with Crippen molar-refractivity contribution < 1.29 is 24.2 Å². The molecule has 154 valence electrons. The van der Waals surface area contributed by atoms with Crippen LogP contribution in [0.1, 0.15) is 59.3 Å². The minimum atomic E-state index is -0.932. The Bertz CT molecular complexity index is 912. The second-order valence-electron chi connectivity index (χ2n) is 7.49. The summed E-state index contributed by atoms with van der Waals surface area (Å²) in [7, 11) is 0. The summed E-state index contributed by atoms with van der Waals surface area (Å²) in [5.74, 6) is -1.96. The number of carboxylic acids is 1. The van der Waals surface area contributed by atoms with Crippen LogP contribution in [0.3, 0.4) is 0 Å². The summed E-state index contributed by atoms with van der Waals surface area (Å²) >= 11 is 6.18. The van der Waals surface area contributed by atoms with E-state index < -0.39 is 17.6 Å². The summed E-state index contributed by atoms with van der Waals surface area (Å²) in [4.78, 5) is 23.9. The molecule has 2 aromatic carbocycles. The molecule has 1 saturated carbocycles. The number of aliphatic carboxylic acids is 1. The lowest BCUT2D eigenvalue weighted by Gasteiger charge is -2.24. The van der Waals surface area contributed by atoms with Crippen LogP contribution in [0.25, 0.3) is 0 Å². The molecule has 0 bridgehead atoms. The summed E-state index contributed by atoms with van der Waals surface area (Å²) in [5.41, 5.74) is 1.05. The van der Waals surface area contributed by atoms with Gasteiger partial charge in [-0.15, -0.1) is 0 Å². The van der Waals surface area contributed by atoms with Crippen LogP contribution in [-0.4, -0.2) is 28.0 Å². The molecule has 0 saturated heterocycles. The Morgan fingerprint density at radius 2 is 1.86 bits per heavy atom. The normalized spacial score (nSPS) is 15.7. The molecular weight excluding hydrogens is 397 g/mol. The number of carbonyl (C=O) groups excluding carboxylic acids is 1. The lowest BCUT2D eigenvalue weighted by Crippen LogP contribution is -2.34. The van der Waals surface area contributed by atoms with E-state index in [1.807, 2.05) is 0 Å². The average Bonchev–Trinajstić information content (AvgIpc) is 3.51. The van der Waals surface area contributed by atoms with Gasteiger partial charge in [-0.3, -0.25) is 9.59 Å². The second kappa shape index (κ2) is 9.03. The van der Waals surface area contributed by atoms with Gasteiger partial charge in [-0.25, -0.2) is 4.39 Å². The highest BCUT2D eigenvalue weighted by molar-refractivity contribution is 6.35. The van der Waals surface area contributed by atoms with Crippen LogP contribution in [0.15, 0.2) is 36.4 Å². The molecule has 1 fully saturated rings. The number of hydrogen-bond donors (Lipinski definition) is 3. The summed E-state index contributed by atoms with van der Waals surface area (Å²) < 4.78 is 15.5. The molecule has 0 aliphatic heterocycles. The van der Waals surface area contributed by atoms with E-state index in [-0.39, 0.29) is 47.2 Å². The lowest BCUT2D eigenvalue weighted by molar-refractivity contribution is -0.137. The fourth-order valence-electron chi connectivity index (χ4n) is 3.46. The first kappa shape index (κ1) is 21.4. The molecular formula is C22H23ClFNO4. The number of aliphatic hydroxyl groups is 1. The zero-order chi connectivity index (χ0) is 21.1. The first-order valence-electron chi connectivity index (χ1n) is 9.52. The Hall–Kier alpha value is -2.28. The number of hydrogen-bond acceptors (Lipinski definition) is 4. The Morgan fingerprint density at radius 1 is 1.21 bits per heavy atom. The fraction of sp³-hybridized carbons (Fsp3) is 0.364. The SMILES string of the molecule is CC(CC(=O)O)NC(c1ccc(Cl)c(C(=O)c2ccc(CO)cc2)c1F)C1CC1. The molecule has 7 heteroatoms. The third kappa shape index (κ3) is 5.01. The Labute approximate surface area is 173 Å². The highest BCUT2D eigenvalue weighted by Gasteiger charge is 2.36. The maximum absolute atomic E-state index is 15.5. The van der Waals surface area contributed by atoms with Crippen molar-refractivity contribution in [3.8, 4) is 0 Å². The molecule has 1 aliphatic rings. The van der Waals surface area contributed by atoms with E-state index in [0.29, 0.717) is 11.1 Å². The Balaban J connectivity index is 1.94. The van der Waals surface area contributed by atoms with Crippen LogP contribution in [0.4, 0.5) is 4.39 Å². The number of nitrogens with one attached hydrogen (secondary N) is 1. The quantitative estimate of drug-likeness (QED) is 0.532. The maximum atomic E-state index is 15.5. The third-order valence-electron chi connectivity index (χ3n) is 5.12. The Kier molecular flexibility index (Phi) is 6.67. The van der Waals surface area contributed by atoms with Gasteiger partial charge >= 0.3 is 5.97 Å². The molecule has 29 heavy (non-hydrogen) atoms. The van der Waals surface area contributed by atoms with Gasteiger partial charge in [0.15, 0.2) is 5.78 Å². The second-order valence-corrected chi connectivity index (χ2v) is 7.90. The number of ketones is 1. The molecule has 0 spiro atoms. The number of aliphatic hydroxyl groups excluding tert-OH is 1. The predicted octanol–water partition coefficient (Wildman–Crippen LogP) is 4.11. The molecule has 2 unspecified atom stereocenters. The number of rotatable bonds is 9. The largest absolute Gasteiger partial charge is 0.481 e. The zero-order valence-corrected chi connectivity index (χ0v) is 16.7. The first-order valence-corrected chi connectivity index (χ1v) is 9.89. The lowest BCUT2D eigenvalue weighted by atomic mass is 9.94. The van der Waals surface area contributed by atoms with E-state index >= 15 is 4.39 Å². The van der Waals surface area contributed by atoms with E-state index in [0.717, 1.165) is 12.8 Å².